The van der Waals surface area contributed by atoms with Crippen LogP contribution in [0, 0.1) is 11.3 Å². The molecule has 0 aliphatic carbocycles. The third-order valence-electron chi connectivity index (χ3n) is 4.13. The molecule has 1 aromatic rings. The Balaban J connectivity index is 2.13. The number of rotatable bonds is 4. The normalized spacial score (nSPS) is 23.6. The highest BCUT2D eigenvalue weighted by atomic mass is 35.5. The number of carbonyl (C=O) groups is 1. The molecule has 0 spiro atoms. The summed E-state index contributed by atoms with van der Waals surface area (Å²) >= 11 is 5.86. The van der Waals surface area contributed by atoms with Gasteiger partial charge in [0, 0.05) is 23.4 Å². The van der Waals surface area contributed by atoms with Gasteiger partial charge in [-0.05, 0) is 36.6 Å². The molecule has 0 bridgehead atoms. The van der Waals surface area contributed by atoms with E-state index in [9.17, 15) is 4.79 Å². The Bertz CT molecular complexity index is 419. The summed E-state index contributed by atoms with van der Waals surface area (Å²) < 4.78 is 0. The quantitative estimate of drug-likeness (QED) is 0.907. The van der Waals surface area contributed by atoms with Gasteiger partial charge < -0.3 is 5.32 Å². The topological polar surface area (TPSA) is 29.1 Å². The van der Waals surface area contributed by atoms with E-state index in [1.54, 1.807) is 0 Å². The van der Waals surface area contributed by atoms with Crippen molar-refractivity contribution in [1.29, 1.82) is 0 Å². The first-order valence-corrected chi connectivity index (χ1v) is 6.91. The van der Waals surface area contributed by atoms with Crippen molar-refractivity contribution in [3.63, 3.8) is 0 Å². The first kappa shape index (κ1) is 13.6. The lowest BCUT2D eigenvalue weighted by Crippen LogP contribution is -2.39. The molecule has 0 aromatic heterocycles. The van der Waals surface area contributed by atoms with Gasteiger partial charge in [0.15, 0.2) is 0 Å². The molecule has 98 valence electrons. The number of hydrogen-bond acceptors (Lipinski definition) is 2. The van der Waals surface area contributed by atoms with Gasteiger partial charge in [0.25, 0.3) is 0 Å². The van der Waals surface area contributed by atoms with Crippen molar-refractivity contribution in [3.8, 4) is 0 Å². The van der Waals surface area contributed by atoms with E-state index in [0.717, 1.165) is 25.1 Å². The Morgan fingerprint density at radius 2 is 2.06 bits per heavy atom. The van der Waals surface area contributed by atoms with E-state index in [-0.39, 0.29) is 5.41 Å². The van der Waals surface area contributed by atoms with Gasteiger partial charge in [0.1, 0.15) is 5.78 Å². The van der Waals surface area contributed by atoms with Gasteiger partial charge in [-0.2, -0.15) is 0 Å². The lowest BCUT2D eigenvalue weighted by atomic mass is 9.71. The summed E-state index contributed by atoms with van der Waals surface area (Å²) in [5.74, 6) is 0.733. The molecule has 1 aliphatic heterocycles. The zero-order chi connectivity index (χ0) is 13.2. The van der Waals surface area contributed by atoms with E-state index >= 15 is 0 Å². The highest BCUT2D eigenvalue weighted by molar-refractivity contribution is 6.30. The molecule has 0 saturated carbocycles. The molecule has 1 aliphatic rings. The zero-order valence-electron chi connectivity index (χ0n) is 11.0. The summed E-state index contributed by atoms with van der Waals surface area (Å²) in [4.78, 5) is 12.6. The number of hydrogen-bond donors (Lipinski definition) is 1. The second-order valence-electron chi connectivity index (χ2n) is 5.46. The lowest BCUT2D eigenvalue weighted by Gasteiger charge is -2.31. The molecule has 1 fully saturated rings. The van der Waals surface area contributed by atoms with Crippen molar-refractivity contribution in [2.45, 2.75) is 26.7 Å². The maximum atomic E-state index is 12.6. The molecule has 0 amide bonds. The molecule has 18 heavy (non-hydrogen) atoms. The second kappa shape index (κ2) is 5.41. The number of carbonyl (C=O) groups excluding carboxylic acids is 1. The summed E-state index contributed by atoms with van der Waals surface area (Å²) in [5.41, 5.74) is 0.871. The third-order valence-corrected chi connectivity index (χ3v) is 4.38. The molecule has 1 N–H and O–H groups in total. The van der Waals surface area contributed by atoms with E-state index in [4.69, 9.17) is 11.6 Å². The number of ketones is 1. The third kappa shape index (κ3) is 2.60. The monoisotopic (exact) mass is 265 g/mol. The molecule has 1 aromatic carbocycles. The number of halogens is 1. The van der Waals surface area contributed by atoms with Crippen molar-refractivity contribution in [3.05, 3.63) is 34.9 Å². The lowest BCUT2D eigenvalue weighted by molar-refractivity contribution is -0.129. The van der Waals surface area contributed by atoms with Gasteiger partial charge in [-0.1, -0.05) is 37.6 Å². The summed E-state index contributed by atoms with van der Waals surface area (Å²) in [6, 6.07) is 7.57. The standard InChI is InChI=1S/C15H20ClNO/c1-11(2)15(7-8-17-10-15)14(18)9-12-3-5-13(16)6-4-12/h3-6,11,17H,7-10H2,1-2H3. The highest BCUT2D eigenvalue weighted by Gasteiger charge is 2.42. The average molecular weight is 266 g/mol. The molecule has 1 saturated heterocycles. The first-order chi connectivity index (χ1) is 8.54. The van der Waals surface area contributed by atoms with Crippen LogP contribution in [-0.2, 0) is 11.2 Å². The minimum absolute atomic E-state index is 0.181. The summed E-state index contributed by atoms with van der Waals surface area (Å²) in [6.45, 7) is 6.06. The minimum atomic E-state index is -0.181. The number of Topliss-reactive ketones (excluding diaryl/α,β-unsaturated/α-hetero) is 1. The zero-order valence-corrected chi connectivity index (χ0v) is 11.8. The van der Waals surface area contributed by atoms with Gasteiger partial charge in [-0.15, -0.1) is 0 Å². The van der Waals surface area contributed by atoms with E-state index in [2.05, 4.69) is 19.2 Å². The van der Waals surface area contributed by atoms with Crippen LogP contribution in [-0.4, -0.2) is 18.9 Å². The van der Waals surface area contributed by atoms with Crippen LogP contribution < -0.4 is 5.32 Å². The Morgan fingerprint density at radius 3 is 2.56 bits per heavy atom. The van der Waals surface area contributed by atoms with Gasteiger partial charge >= 0.3 is 0 Å². The van der Waals surface area contributed by atoms with Gasteiger partial charge in [-0.3, -0.25) is 4.79 Å². The van der Waals surface area contributed by atoms with Crippen molar-refractivity contribution >= 4 is 17.4 Å². The highest BCUT2D eigenvalue weighted by Crippen LogP contribution is 2.36. The van der Waals surface area contributed by atoms with Crippen LogP contribution in [0.4, 0.5) is 0 Å². The van der Waals surface area contributed by atoms with Crippen molar-refractivity contribution < 1.29 is 4.79 Å². The van der Waals surface area contributed by atoms with Gasteiger partial charge in [0.05, 0.1) is 0 Å². The summed E-state index contributed by atoms with van der Waals surface area (Å²) in [6.07, 6.45) is 1.47. The van der Waals surface area contributed by atoms with Crippen molar-refractivity contribution in [2.75, 3.05) is 13.1 Å². The SMILES string of the molecule is CC(C)C1(C(=O)Cc2ccc(Cl)cc2)CCNC1. The second-order valence-corrected chi connectivity index (χ2v) is 5.90. The summed E-state index contributed by atoms with van der Waals surface area (Å²) in [7, 11) is 0. The Labute approximate surface area is 114 Å². The van der Waals surface area contributed by atoms with Crippen molar-refractivity contribution in [2.24, 2.45) is 11.3 Å². The fraction of sp³-hybridized carbons (Fsp3) is 0.533. The molecular formula is C15H20ClNO. The van der Waals surface area contributed by atoms with Crippen LogP contribution in [0.2, 0.25) is 5.02 Å². The Morgan fingerprint density at radius 1 is 1.39 bits per heavy atom. The largest absolute Gasteiger partial charge is 0.316 e. The number of benzene rings is 1. The minimum Gasteiger partial charge on any atom is -0.316 e. The van der Waals surface area contributed by atoms with E-state index in [1.807, 2.05) is 24.3 Å². The van der Waals surface area contributed by atoms with Crippen LogP contribution in [0.1, 0.15) is 25.8 Å². The fourth-order valence-corrected chi connectivity index (χ4v) is 2.85. The summed E-state index contributed by atoms with van der Waals surface area (Å²) in [5, 5.41) is 4.04. The molecule has 0 radical (unpaired) electrons. The van der Waals surface area contributed by atoms with Gasteiger partial charge in [-0.25, -0.2) is 0 Å². The Hall–Kier alpha value is -0.860. The molecule has 1 atom stereocenters. The van der Waals surface area contributed by atoms with Gasteiger partial charge in [0.2, 0.25) is 0 Å². The van der Waals surface area contributed by atoms with Crippen LogP contribution in [0.5, 0.6) is 0 Å². The Kier molecular flexibility index (Phi) is 4.08. The molecule has 2 rings (SSSR count). The van der Waals surface area contributed by atoms with E-state index in [0.29, 0.717) is 23.1 Å². The maximum absolute atomic E-state index is 12.6. The fourth-order valence-electron chi connectivity index (χ4n) is 2.73. The number of nitrogens with one attached hydrogen (secondary N) is 1. The average Bonchev–Trinajstić information content (AvgIpc) is 2.82. The first-order valence-electron chi connectivity index (χ1n) is 6.53. The molecule has 1 unspecified atom stereocenters. The predicted molar refractivity (Wildman–Crippen MR) is 74.9 cm³/mol. The molecule has 2 nitrogen and oxygen atoms in total. The van der Waals surface area contributed by atoms with Crippen molar-refractivity contribution in [1.82, 2.24) is 5.32 Å². The smallest absolute Gasteiger partial charge is 0.144 e. The van der Waals surface area contributed by atoms with Crippen LogP contribution in [0.25, 0.3) is 0 Å². The van der Waals surface area contributed by atoms with Crippen LogP contribution >= 0.6 is 11.6 Å². The molecule has 3 heteroatoms. The van der Waals surface area contributed by atoms with E-state index < -0.39 is 0 Å². The van der Waals surface area contributed by atoms with Crippen LogP contribution in [0.15, 0.2) is 24.3 Å². The molecular weight excluding hydrogens is 246 g/mol. The predicted octanol–water partition coefficient (Wildman–Crippen LogP) is 3.09. The van der Waals surface area contributed by atoms with E-state index in [1.165, 1.54) is 0 Å². The van der Waals surface area contributed by atoms with Crippen LogP contribution in [0.3, 0.4) is 0 Å². The maximum Gasteiger partial charge on any atom is 0.144 e. The molecule has 1 heterocycles.